The van der Waals surface area contributed by atoms with Gasteiger partial charge in [-0.25, -0.2) is 9.18 Å². The number of aryl methyl sites for hydroxylation is 1. The fourth-order valence-corrected chi connectivity index (χ4v) is 6.26. The Bertz CT molecular complexity index is 1300. The minimum absolute atomic E-state index is 0.0177. The SMILES string of the molecule is C=CCC1(CC=C)CC2C(c3ccccc3C)N(C(=O)N(C)C(C)c3cc(F)cc(C(F)(F)F)c3)CCN2C1=O. The van der Waals surface area contributed by atoms with Crippen LogP contribution in [0.2, 0.25) is 0 Å². The normalized spacial score (nSPS) is 21.1. The van der Waals surface area contributed by atoms with Gasteiger partial charge in [0.25, 0.3) is 0 Å². The van der Waals surface area contributed by atoms with Crippen molar-refractivity contribution >= 4 is 11.9 Å². The predicted octanol–water partition coefficient (Wildman–Crippen LogP) is 7.06. The highest BCUT2D eigenvalue weighted by atomic mass is 19.4. The minimum atomic E-state index is -4.72. The van der Waals surface area contributed by atoms with Gasteiger partial charge in [0.2, 0.25) is 5.91 Å². The first-order chi connectivity index (χ1) is 18.8. The number of fused-ring (bicyclic) bond motifs is 1. The van der Waals surface area contributed by atoms with Crippen LogP contribution in [0, 0.1) is 18.2 Å². The van der Waals surface area contributed by atoms with E-state index in [4.69, 9.17) is 0 Å². The number of halogens is 4. The zero-order valence-electron chi connectivity index (χ0n) is 23.0. The molecule has 3 unspecified atom stereocenters. The van der Waals surface area contributed by atoms with Crippen molar-refractivity contribution in [1.82, 2.24) is 14.7 Å². The average molecular weight is 558 g/mol. The molecule has 0 bridgehead atoms. The maximum absolute atomic E-state index is 14.2. The van der Waals surface area contributed by atoms with E-state index in [1.165, 1.54) is 11.9 Å². The van der Waals surface area contributed by atoms with Crippen molar-refractivity contribution in [2.75, 3.05) is 20.1 Å². The zero-order valence-corrected chi connectivity index (χ0v) is 23.0. The van der Waals surface area contributed by atoms with E-state index in [-0.39, 0.29) is 24.1 Å². The third-order valence-electron chi connectivity index (χ3n) is 8.43. The molecule has 3 amide bonds. The number of carbonyl (C=O) groups is 2. The van der Waals surface area contributed by atoms with Gasteiger partial charge in [0, 0.05) is 20.1 Å². The second-order valence-corrected chi connectivity index (χ2v) is 10.9. The van der Waals surface area contributed by atoms with E-state index >= 15 is 0 Å². The number of alkyl halides is 3. The predicted molar refractivity (Wildman–Crippen MR) is 146 cm³/mol. The highest BCUT2D eigenvalue weighted by molar-refractivity contribution is 5.87. The van der Waals surface area contributed by atoms with E-state index in [1.807, 2.05) is 36.1 Å². The standard InChI is InChI=1S/C31H35F4N3O2/c1-6-12-30(13-7-2)19-26-27(25-11-9-8-10-20(25)3)38(15-14-37(26)28(30)39)29(40)36(5)21(4)22-16-23(31(33,34)35)18-24(32)17-22/h6-11,16-18,21,26-27H,1-2,12-15,19H2,3-5H3. The van der Waals surface area contributed by atoms with Crippen molar-refractivity contribution in [2.45, 2.75) is 57.4 Å². The summed E-state index contributed by atoms with van der Waals surface area (Å²) in [5.41, 5.74) is 0.106. The Balaban J connectivity index is 1.72. The highest BCUT2D eigenvalue weighted by Gasteiger charge is 2.56. The topological polar surface area (TPSA) is 43.9 Å². The van der Waals surface area contributed by atoms with Gasteiger partial charge in [-0.3, -0.25) is 4.79 Å². The van der Waals surface area contributed by atoms with Crippen molar-refractivity contribution in [3.8, 4) is 0 Å². The molecular formula is C31H35F4N3O2. The molecule has 214 valence electrons. The van der Waals surface area contributed by atoms with Gasteiger partial charge in [0.05, 0.1) is 29.1 Å². The van der Waals surface area contributed by atoms with E-state index in [9.17, 15) is 27.2 Å². The third-order valence-corrected chi connectivity index (χ3v) is 8.43. The molecule has 2 aromatic carbocycles. The number of urea groups is 1. The Hall–Kier alpha value is -3.62. The second kappa shape index (κ2) is 11.1. The van der Waals surface area contributed by atoms with Crippen LogP contribution in [-0.4, -0.2) is 52.8 Å². The van der Waals surface area contributed by atoms with Crippen LogP contribution >= 0.6 is 0 Å². The molecule has 5 nitrogen and oxygen atoms in total. The lowest BCUT2D eigenvalue weighted by Crippen LogP contribution is -2.57. The van der Waals surface area contributed by atoms with Crippen LogP contribution in [-0.2, 0) is 11.0 Å². The monoisotopic (exact) mass is 557 g/mol. The number of amides is 3. The van der Waals surface area contributed by atoms with E-state index in [1.54, 1.807) is 24.0 Å². The molecule has 0 spiro atoms. The Morgan fingerprint density at radius 1 is 1.15 bits per heavy atom. The number of hydrogen-bond acceptors (Lipinski definition) is 2. The number of allylic oxidation sites excluding steroid dienone is 2. The number of rotatable bonds is 7. The number of carbonyl (C=O) groups excluding carboxylic acids is 2. The fourth-order valence-electron chi connectivity index (χ4n) is 6.26. The van der Waals surface area contributed by atoms with Crippen molar-refractivity contribution in [2.24, 2.45) is 5.41 Å². The molecule has 0 saturated carbocycles. The second-order valence-electron chi connectivity index (χ2n) is 10.9. The molecule has 2 aliphatic rings. The molecule has 2 saturated heterocycles. The highest BCUT2D eigenvalue weighted by Crippen LogP contribution is 2.49. The molecule has 9 heteroatoms. The van der Waals surface area contributed by atoms with Crippen molar-refractivity contribution in [1.29, 1.82) is 0 Å². The Morgan fingerprint density at radius 3 is 2.40 bits per heavy atom. The quantitative estimate of drug-likeness (QED) is 0.270. The van der Waals surface area contributed by atoms with Gasteiger partial charge in [0.1, 0.15) is 5.82 Å². The van der Waals surface area contributed by atoms with Crippen molar-refractivity contribution < 1.29 is 27.2 Å². The minimum Gasteiger partial charge on any atom is -0.335 e. The maximum Gasteiger partial charge on any atom is 0.416 e. The summed E-state index contributed by atoms with van der Waals surface area (Å²) < 4.78 is 54.3. The van der Waals surface area contributed by atoms with Gasteiger partial charge in [-0.05, 0) is 68.0 Å². The summed E-state index contributed by atoms with van der Waals surface area (Å²) in [6.07, 6.45) is 0.244. The van der Waals surface area contributed by atoms with Gasteiger partial charge in [-0.1, -0.05) is 36.4 Å². The average Bonchev–Trinajstić information content (AvgIpc) is 3.18. The van der Waals surface area contributed by atoms with Crippen LogP contribution in [0.25, 0.3) is 0 Å². The molecule has 0 aromatic heterocycles. The number of benzene rings is 2. The van der Waals surface area contributed by atoms with Crippen LogP contribution in [0.1, 0.15) is 60.5 Å². The summed E-state index contributed by atoms with van der Waals surface area (Å²) in [6, 6.07) is 8.01. The summed E-state index contributed by atoms with van der Waals surface area (Å²) in [6.45, 7) is 11.8. The van der Waals surface area contributed by atoms with Crippen molar-refractivity contribution in [3.63, 3.8) is 0 Å². The third kappa shape index (κ3) is 5.25. The molecule has 4 rings (SSSR count). The van der Waals surface area contributed by atoms with Gasteiger partial charge >= 0.3 is 12.2 Å². The van der Waals surface area contributed by atoms with Crippen LogP contribution in [0.15, 0.2) is 67.8 Å². The first-order valence-corrected chi connectivity index (χ1v) is 13.3. The Kier molecular flexibility index (Phi) is 8.15. The summed E-state index contributed by atoms with van der Waals surface area (Å²) >= 11 is 0. The van der Waals surface area contributed by atoms with E-state index in [0.717, 1.165) is 23.3 Å². The van der Waals surface area contributed by atoms with Gasteiger partial charge in [-0.2, -0.15) is 13.2 Å². The molecular weight excluding hydrogens is 522 g/mol. The van der Waals surface area contributed by atoms with Gasteiger partial charge in [0.15, 0.2) is 0 Å². The Morgan fingerprint density at radius 2 is 1.80 bits per heavy atom. The van der Waals surface area contributed by atoms with Crippen LogP contribution in [0.5, 0.6) is 0 Å². The summed E-state index contributed by atoms with van der Waals surface area (Å²) in [7, 11) is 1.51. The largest absolute Gasteiger partial charge is 0.416 e. The zero-order chi connectivity index (χ0) is 29.4. The summed E-state index contributed by atoms with van der Waals surface area (Å²) in [5.74, 6) is -1.00. The maximum atomic E-state index is 14.2. The number of piperazine rings is 1. The Labute approximate surface area is 232 Å². The summed E-state index contributed by atoms with van der Waals surface area (Å²) in [4.78, 5) is 32.7. The van der Waals surface area contributed by atoms with E-state index in [2.05, 4.69) is 13.2 Å². The van der Waals surface area contributed by atoms with Crippen LogP contribution in [0.3, 0.4) is 0 Å². The smallest absolute Gasteiger partial charge is 0.335 e. The molecule has 2 aromatic rings. The van der Waals surface area contributed by atoms with E-state index < -0.39 is 41.1 Å². The lowest BCUT2D eigenvalue weighted by Gasteiger charge is -2.47. The molecule has 40 heavy (non-hydrogen) atoms. The van der Waals surface area contributed by atoms with E-state index in [0.29, 0.717) is 31.9 Å². The van der Waals surface area contributed by atoms with Crippen molar-refractivity contribution in [3.05, 3.63) is 95.8 Å². The molecule has 2 aliphatic heterocycles. The van der Waals surface area contributed by atoms with Gasteiger partial charge < -0.3 is 14.7 Å². The molecule has 3 atom stereocenters. The van der Waals surface area contributed by atoms with Gasteiger partial charge in [-0.15, -0.1) is 13.2 Å². The molecule has 0 aliphatic carbocycles. The number of hydrogen-bond donors (Lipinski definition) is 0. The number of nitrogens with zero attached hydrogens (tertiary/aromatic N) is 3. The molecule has 0 radical (unpaired) electrons. The first kappa shape index (κ1) is 29.4. The summed E-state index contributed by atoms with van der Waals surface area (Å²) in [5, 5.41) is 0. The first-order valence-electron chi connectivity index (χ1n) is 13.3. The lowest BCUT2D eigenvalue weighted by molar-refractivity contribution is -0.139. The molecule has 2 fully saturated rings. The molecule has 0 N–H and O–H groups in total. The lowest BCUT2D eigenvalue weighted by atomic mass is 9.76. The van der Waals surface area contributed by atoms with Crippen LogP contribution < -0.4 is 0 Å². The fraction of sp³-hybridized carbons (Fsp3) is 0.419. The molecule has 2 heterocycles. The van der Waals surface area contributed by atoms with Crippen LogP contribution in [0.4, 0.5) is 22.4 Å².